The summed E-state index contributed by atoms with van der Waals surface area (Å²) in [7, 11) is 0. The first-order chi connectivity index (χ1) is 5.92. The summed E-state index contributed by atoms with van der Waals surface area (Å²) >= 11 is 0. The summed E-state index contributed by atoms with van der Waals surface area (Å²) in [5.74, 6) is 0.367. The van der Waals surface area contributed by atoms with Crippen LogP contribution < -0.4 is 0 Å². The van der Waals surface area contributed by atoms with Gasteiger partial charge in [0, 0.05) is 12.5 Å². The second-order valence-electron chi connectivity index (χ2n) is 3.38. The monoisotopic (exact) mass is 161 g/mol. The molecule has 12 heavy (non-hydrogen) atoms. The molecule has 0 aromatic heterocycles. The van der Waals surface area contributed by atoms with E-state index in [0.29, 0.717) is 5.92 Å². The van der Waals surface area contributed by atoms with E-state index in [0.717, 1.165) is 12.8 Å². The molecule has 1 aromatic carbocycles. The minimum atomic E-state index is 0.283. The van der Waals surface area contributed by atoms with Gasteiger partial charge in [-0.3, -0.25) is 0 Å². The quantitative estimate of drug-likeness (QED) is 0.667. The molecule has 1 aromatic rings. The van der Waals surface area contributed by atoms with Crippen molar-refractivity contribution >= 4 is 0 Å². The van der Waals surface area contributed by atoms with Gasteiger partial charge in [-0.2, -0.15) is 0 Å². The lowest BCUT2D eigenvalue weighted by Crippen LogP contribution is -2.12. The third-order valence-corrected chi connectivity index (χ3v) is 2.62. The Balaban J connectivity index is 2.37. The predicted molar refractivity (Wildman–Crippen MR) is 48.0 cm³/mol. The molecule has 1 aliphatic rings. The third-order valence-electron chi connectivity index (χ3n) is 2.62. The molecule has 1 atom stereocenters. The van der Waals surface area contributed by atoms with Crippen molar-refractivity contribution in [1.29, 1.82) is 0 Å². The SMILES string of the molecule is OCC1CCCc2[c]cccc21. The van der Waals surface area contributed by atoms with E-state index in [2.05, 4.69) is 12.1 Å². The summed E-state index contributed by atoms with van der Waals surface area (Å²) in [5.41, 5.74) is 2.62. The smallest absolute Gasteiger partial charge is 0.0499 e. The lowest BCUT2D eigenvalue weighted by molar-refractivity contribution is 0.253. The molecule has 1 radical (unpaired) electrons. The van der Waals surface area contributed by atoms with Crippen LogP contribution >= 0.6 is 0 Å². The van der Waals surface area contributed by atoms with Crippen molar-refractivity contribution in [3.05, 3.63) is 35.4 Å². The first-order valence-electron chi connectivity index (χ1n) is 4.52. The fourth-order valence-electron chi connectivity index (χ4n) is 1.95. The maximum atomic E-state index is 9.12. The summed E-state index contributed by atoms with van der Waals surface area (Å²) < 4.78 is 0. The van der Waals surface area contributed by atoms with E-state index in [1.54, 1.807) is 0 Å². The molecule has 0 saturated heterocycles. The van der Waals surface area contributed by atoms with Crippen LogP contribution in [0.1, 0.15) is 29.9 Å². The highest BCUT2D eigenvalue weighted by Gasteiger charge is 2.18. The highest BCUT2D eigenvalue weighted by atomic mass is 16.3. The van der Waals surface area contributed by atoms with Crippen LogP contribution in [-0.4, -0.2) is 11.7 Å². The molecule has 0 spiro atoms. The third kappa shape index (κ3) is 1.25. The second-order valence-corrected chi connectivity index (χ2v) is 3.38. The Hall–Kier alpha value is -0.820. The van der Waals surface area contributed by atoms with Gasteiger partial charge < -0.3 is 5.11 Å². The summed E-state index contributed by atoms with van der Waals surface area (Å²) in [6, 6.07) is 9.32. The molecule has 1 unspecified atom stereocenters. The fraction of sp³-hybridized carbons (Fsp3) is 0.455. The van der Waals surface area contributed by atoms with Crippen molar-refractivity contribution in [3.8, 4) is 0 Å². The molecule has 0 amide bonds. The molecule has 0 bridgehead atoms. The fourth-order valence-corrected chi connectivity index (χ4v) is 1.95. The second kappa shape index (κ2) is 3.28. The van der Waals surface area contributed by atoms with E-state index in [9.17, 15) is 0 Å². The van der Waals surface area contributed by atoms with Gasteiger partial charge in [-0.1, -0.05) is 18.2 Å². The Morgan fingerprint density at radius 1 is 1.58 bits per heavy atom. The van der Waals surface area contributed by atoms with Crippen molar-refractivity contribution in [2.24, 2.45) is 0 Å². The van der Waals surface area contributed by atoms with Crippen LogP contribution in [-0.2, 0) is 6.42 Å². The molecule has 0 fully saturated rings. The summed E-state index contributed by atoms with van der Waals surface area (Å²) in [5, 5.41) is 9.12. The summed E-state index contributed by atoms with van der Waals surface area (Å²) in [6.07, 6.45) is 3.45. The molecule has 1 N–H and O–H groups in total. The molecular weight excluding hydrogens is 148 g/mol. The summed E-state index contributed by atoms with van der Waals surface area (Å²) in [4.78, 5) is 0. The first-order valence-corrected chi connectivity index (χ1v) is 4.52. The number of aliphatic hydroxyl groups excluding tert-OH is 1. The van der Waals surface area contributed by atoms with Crippen molar-refractivity contribution in [3.63, 3.8) is 0 Å². The van der Waals surface area contributed by atoms with Gasteiger partial charge in [0.05, 0.1) is 0 Å². The van der Waals surface area contributed by atoms with Gasteiger partial charge in [0.2, 0.25) is 0 Å². The van der Waals surface area contributed by atoms with Crippen LogP contribution in [0, 0.1) is 6.07 Å². The van der Waals surface area contributed by atoms with Crippen LogP contribution in [0.15, 0.2) is 18.2 Å². The summed E-state index contributed by atoms with van der Waals surface area (Å²) in [6.45, 7) is 0.283. The standard InChI is InChI=1S/C11H13O/c12-8-10-6-3-5-9-4-1-2-7-11(9)10/h1-2,7,10,12H,3,5-6,8H2. The van der Waals surface area contributed by atoms with E-state index < -0.39 is 0 Å². The molecule has 63 valence electrons. The van der Waals surface area contributed by atoms with Crippen molar-refractivity contribution in [2.75, 3.05) is 6.61 Å². The largest absolute Gasteiger partial charge is 0.396 e. The van der Waals surface area contributed by atoms with Crippen LogP contribution in [0.4, 0.5) is 0 Å². The van der Waals surface area contributed by atoms with Crippen molar-refractivity contribution in [2.45, 2.75) is 25.2 Å². The zero-order valence-electron chi connectivity index (χ0n) is 7.09. The van der Waals surface area contributed by atoms with E-state index in [1.165, 1.54) is 17.5 Å². The maximum Gasteiger partial charge on any atom is 0.0499 e. The Labute approximate surface area is 73.0 Å². The van der Waals surface area contributed by atoms with Crippen molar-refractivity contribution in [1.82, 2.24) is 0 Å². The normalized spacial score (nSPS) is 21.9. The van der Waals surface area contributed by atoms with Gasteiger partial charge in [0.25, 0.3) is 0 Å². The minimum absolute atomic E-state index is 0.283. The molecule has 1 heteroatoms. The van der Waals surface area contributed by atoms with Crippen LogP contribution in [0.3, 0.4) is 0 Å². The molecule has 0 aliphatic heterocycles. The average Bonchev–Trinajstić information content (AvgIpc) is 2.17. The van der Waals surface area contributed by atoms with Crippen LogP contribution in [0.25, 0.3) is 0 Å². The highest BCUT2D eigenvalue weighted by Crippen LogP contribution is 2.30. The Morgan fingerprint density at radius 2 is 2.50 bits per heavy atom. The minimum Gasteiger partial charge on any atom is -0.396 e. The molecule has 0 heterocycles. The topological polar surface area (TPSA) is 20.2 Å². The Kier molecular flexibility index (Phi) is 2.13. The predicted octanol–water partition coefficient (Wildman–Crippen LogP) is 1.90. The number of hydrogen-bond acceptors (Lipinski definition) is 1. The number of benzene rings is 1. The van der Waals surface area contributed by atoms with E-state index in [4.69, 9.17) is 5.11 Å². The molecular formula is C11H13O. The number of aliphatic hydroxyl groups is 1. The molecule has 1 aliphatic carbocycles. The lowest BCUT2D eigenvalue weighted by atomic mass is 9.83. The maximum absolute atomic E-state index is 9.12. The van der Waals surface area contributed by atoms with E-state index in [1.807, 2.05) is 12.1 Å². The van der Waals surface area contributed by atoms with Gasteiger partial charge in [0.1, 0.15) is 0 Å². The zero-order chi connectivity index (χ0) is 8.39. The van der Waals surface area contributed by atoms with Crippen molar-refractivity contribution < 1.29 is 5.11 Å². The first kappa shape index (κ1) is 7.81. The van der Waals surface area contributed by atoms with Gasteiger partial charge >= 0.3 is 0 Å². The van der Waals surface area contributed by atoms with Gasteiger partial charge in [-0.05, 0) is 36.5 Å². The molecule has 1 nitrogen and oxygen atoms in total. The van der Waals surface area contributed by atoms with E-state index in [-0.39, 0.29) is 6.61 Å². The van der Waals surface area contributed by atoms with Gasteiger partial charge in [0.15, 0.2) is 0 Å². The van der Waals surface area contributed by atoms with Gasteiger partial charge in [-0.15, -0.1) is 0 Å². The Bertz CT molecular complexity index is 267. The number of rotatable bonds is 1. The van der Waals surface area contributed by atoms with Gasteiger partial charge in [-0.25, -0.2) is 0 Å². The van der Waals surface area contributed by atoms with E-state index >= 15 is 0 Å². The average molecular weight is 161 g/mol. The lowest BCUT2D eigenvalue weighted by Gasteiger charge is -2.23. The van der Waals surface area contributed by atoms with Crippen LogP contribution in [0.5, 0.6) is 0 Å². The van der Waals surface area contributed by atoms with Crippen LogP contribution in [0.2, 0.25) is 0 Å². The zero-order valence-corrected chi connectivity index (χ0v) is 7.09. The Morgan fingerprint density at radius 3 is 3.33 bits per heavy atom. The molecule has 2 rings (SSSR count). The number of fused-ring (bicyclic) bond motifs is 1. The molecule has 0 saturated carbocycles. The number of aryl methyl sites for hydroxylation is 1. The number of hydrogen-bond donors (Lipinski definition) is 1. The highest BCUT2D eigenvalue weighted by molar-refractivity contribution is 5.31.